The quantitative estimate of drug-likeness (QED) is 0.796. The Morgan fingerprint density at radius 2 is 2.41 bits per heavy atom. The number of ether oxygens (including phenoxy) is 1. The highest BCUT2D eigenvalue weighted by atomic mass is 32.1. The molecule has 22 heavy (non-hydrogen) atoms. The first kappa shape index (κ1) is 14.3. The molecule has 0 saturated heterocycles. The van der Waals surface area contributed by atoms with Crippen molar-refractivity contribution in [1.29, 1.82) is 0 Å². The summed E-state index contributed by atoms with van der Waals surface area (Å²) in [6.07, 6.45) is 1.08. The number of furan rings is 1. The van der Waals surface area contributed by atoms with Gasteiger partial charge in [-0.05, 0) is 26.0 Å². The van der Waals surface area contributed by atoms with Gasteiger partial charge in [-0.2, -0.15) is 9.78 Å². The van der Waals surface area contributed by atoms with Crippen molar-refractivity contribution in [3.63, 3.8) is 0 Å². The number of anilines is 1. The molecule has 0 atom stereocenters. The zero-order valence-electron chi connectivity index (χ0n) is 12.1. The predicted octanol–water partition coefficient (Wildman–Crippen LogP) is 3.47. The third kappa shape index (κ3) is 2.86. The van der Waals surface area contributed by atoms with Crippen molar-refractivity contribution < 1.29 is 13.9 Å². The minimum Gasteiger partial charge on any atom is -0.463 e. The maximum atomic E-state index is 11.6. The zero-order chi connectivity index (χ0) is 15.5. The molecule has 114 valence electrons. The second kappa shape index (κ2) is 6.02. The van der Waals surface area contributed by atoms with E-state index >= 15 is 0 Å². The summed E-state index contributed by atoms with van der Waals surface area (Å²) < 4.78 is 11.8. The standard InChI is InChI=1S/C14H14N4O3S/c1-3-20-14(19)16-12-7-9(2)17-18(12)13-15-10(8-22-13)11-5-4-6-21-11/h4-8H,3H2,1-2H3,(H,16,19). The number of nitrogens with one attached hydrogen (secondary N) is 1. The normalized spacial score (nSPS) is 10.6. The topological polar surface area (TPSA) is 82.2 Å². The van der Waals surface area contributed by atoms with Gasteiger partial charge >= 0.3 is 6.09 Å². The van der Waals surface area contributed by atoms with Gasteiger partial charge in [0.05, 0.1) is 18.6 Å². The van der Waals surface area contributed by atoms with E-state index in [-0.39, 0.29) is 0 Å². The van der Waals surface area contributed by atoms with Crippen molar-refractivity contribution in [3.8, 4) is 16.6 Å². The number of carbonyl (C=O) groups is 1. The number of amides is 1. The predicted molar refractivity (Wildman–Crippen MR) is 82.3 cm³/mol. The van der Waals surface area contributed by atoms with Crippen molar-refractivity contribution in [2.45, 2.75) is 13.8 Å². The van der Waals surface area contributed by atoms with Crippen LogP contribution >= 0.6 is 11.3 Å². The molecule has 0 saturated carbocycles. The molecule has 0 aliphatic carbocycles. The SMILES string of the molecule is CCOC(=O)Nc1cc(C)nn1-c1nc(-c2ccco2)cs1. The molecule has 0 radical (unpaired) electrons. The van der Waals surface area contributed by atoms with E-state index in [1.807, 2.05) is 18.4 Å². The summed E-state index contributed by atoms with van der Waals surface area (Å²) in [6.45, 7) is 3.89. The lowest BCUT2D eigenvalue weighted by atomic mass is 10.4. The van der Waals surface area contributed by atoms with Crippen LogP contribution in [-0.4, -0.2) is 27.5 Å². The Balaban J connectivity index is 1.90. The number of aromatic nitrogens is 3. The van der Waals surface area contributed by atoms with Crippen molar-refractivity contribution in [3.05, 3.63) is 35.5 Å². The molecular formula is C14H14N4O3S. The first-order valence-corrected chi connectivity index (χ1v) is 7.55. The first-order chi connectivity index (χ1) is 10.7. The number of hydrogen-bond donors (Lipinski definition) is 1. The molecule has 3 rings (SSSR count). The van der Waals surface area contributed by atoms with Gasteiger partial charge in [0.25, 0.3) is 0 Å². The smallest absolute Gasteiger partial charge is 0.412 e. The number of aryl methyl sites for hydroxylation is 1. The molecule has 3 heterocycles. The molecule has 0 spiro atoms. The molecule has 0 bridgehead atoms. The van der Waals surface area contributed by atoms with E-state index in [2.05, 4.69) is 15.4 Å². The van der Waals surface area contributed by atoms with Crippen LogP contribution in [0.15, 0.2) is 34.3 Å². The van der Waals surface area contributed by atoms with Gasteiger partial charge in [0, 0.05) is 11.4 Å². The van der Waals surface area contributed by atoms with Crippen LogP contribution in [0.5, 0.6) is 0 Å². The fourth-order valence-corrected chi connectivity index (χ4v) is 2.68. The maximum absolute atomic E-state index is 11.6. The third-order valence-corrected chi connectivity index (χ3v) is 3.60. The molecule has 7 nitrogen and oxygen atoms in total. The summed E-state index contributed by atoms with van der Waals surface area (Å²) >= 11 is 1.41. The summed E-state index contributed by atoms with van der Waals surface area (Å²) in [7, 11) is 0. The lowest BCUT2D eigenvalue weighted by Gasteiger charge is -2.05. The highest BCUT2D eigenvalue weighted by Crippen LogP contribution is 2.26. The van der Waals surface area contributed by atoms with Gasteiger partial charge in [0.15, 0.2) is 5.76 Å². The molecule has 3 aromatic rings. The minimum absolute atomic E-state index is 0.304. The van der Waals surface area contributed by atoms with Gasteiger partial charge < -0.3 is 9.15 Å². The minimum atomic E-state index is -0.522. The lowest BCUT2D eigenvalue weighted by molar-refractivity contribution is 0.167. The van der Waals surface area contributed by atoms with E-state index in [1.165, 1.54) is 11.3 Å². The largest absolute Gasteiger partial charge is 0.463 e. The van der Waals surface area contributed by atoms with Crippen molar-refractivity contribution in [2.24, 2.45) is 0 Å². The molecule has 1 amide bonds. The molecule has 3 aromatic heterocycles. The highest BCUT2D eigenvalue weighted by molar-refractivity contribution is 7.12. The van der Waals surface area contributed by atoms with Crippen molar-refractivity contribution >= 4 is 23.2 Å². The summed E-state index contributed by atoms with van der Waals surface area (Å²) in [6, 6.07) is 5.40. The first-order valence-electron chi connectivity index (χ1n) is 6.67. The Morgan fingerprint density at radius 3 is 3.14 bits per heavy atom. The van der Waals surface area contributed by atoms with Gasteiger partial charge in [-0.3, -0.25) is 5.32 Å². The molecule has 0 aromatic carbocycles. The molecule has 0 fully saturated rings. The number of rotatable bonds is 4. The van der Waals surface area contributed by atoms with Crippen LogP contribution in [0.4, 0.5) is 10.6 Å². The van der Waals surface area contributed by atoms with E-state index in [4.69, 9.17) is 9.15 Å². The maximum Gasteiger partial charge on any atom is 0.412 e. The Morgan fingerprint density at radius 1 is 1.55 bits per heavy atom. The third-order valence-electron chi connectivity index (χ3n) is 2.78. The number of carbonyl (C=O) groups excluding carboxylic acids is 1. The highest BCUT2D eigenvalue weighted by Gasteiger charge is 2.15. The van der Waals surface area contributed by atoms with Crippen molar-refractivity contribution in [2.75, 3.05) is 11.9 Å². The van der Waals surface area contributed by atoms with Gasteiger partial charge in [-0.1, -0.05) is 0 Å². The summed E-state index contributed by atoms with van der Waals surface area (Å²) in [4.78, 5) is 16.1. The second-order valence-corrected chi connectivity index (χ2v) is 5.26. The van der Waals surface area contributed by atoms with Gasteiger partial charge in [-0.15, -0.1) is 11.3 Å². The molecule has 0 aliphatic heterocycles. The van der Waals surface area contributed by atoms with Crippen LogP contribution < -0.4 is 5.32 Å². The van der Waals surface area contributed by atoms with E-state index in [0.29, 0.717) is 23.3 Å². The van der Waals surface area contributed by atoms with E-state index in [0.717, 1.165) is 11.4 Å². The molecule has 0 unspecified atom stereocenters. The van der Waals surface area contributed by atoms with E-state index in [1.54, 1.807) is 30.0 Å². The van der Waals surface area contributed by atoms with E-state index in [9.17, 15) is 4.79 Å². The summed E-state index contributed by atoms with van der Waals surface area (Å²) in [5.41, 5.74) is 1.49. The average molecular weight is 318 g/mol. The van der Waals surface area contributed by atoms with Crippen LogP contribution in [0.25, 0.3) is 16.6 Å². The molecule has 1 N–H and O–H groups in total. The number of nitrogens with zero attached hydrogens (tertiary/aromatic N) is 3. The average Bonchev–Trinajstić information content (AvgIpc) is 3.18. The summed E-state index contributed by atoms with van der Waals surface area (Å²) in [5, 5.41) is 9.51. The Kier molecular flexibility index (Phi) is 3.92. The van der Waals surface area contributed by atoms with Crippen LogP contribution in [0.3, 0.4) is 0 Å². The Bertz CT molecular complexity index is 776. The fourth-order valence-electron chi connectivity index (χ4n) is 1.91. The molecular weight excluding hydrogens is 304 g/mol. The molecule has 8 heteroatoms. The van der Waals surface area contributed by atoms with Gasteiger partial charge in [0.2, 0.25) is 5.13 Å². The summed E-state index contributed by atoms with van der Waals surface area (Å²) in [5.74, 6) is 1.20. The van der Waals surface area contributed by atoms with Crippen LogP contribution in [0.1, 0.15) is 12.6 Å². The number of thiazole rings is 1. The Labute approximate surface area is 130 Å². The molecule has 0 aliphatic rings. The van der Waals surface area contributed by atoms with Crippen LogP contribution in [0.2, 0.25) is 0 Å². The fraction of sp³-hybridized carbons (Fsp3) is 0.214. The van der Waals surface area contributed by atoms with Crippen LogP contribution in [0, 0.1) is 6.92 Å². The monoisotopic (exact) mass is 318 g/mol. The van der Waals surface area contributed by atoms with Gasteiger partial charge in [0.1, 0.15) is 11.5 Å². The van der Waals surface area contributed by atoms with Crippen LogP contribution in [-0.2, 0) is 4.74 Å². The lowest BCUT2D eigenvalue weighted by Crippen LogP contribution is -2.16. The second-order valence-electron chi connectivity index (χ2n) is 4.42. The zero-order valence-corrected chi connectivity index (χ0v) is 12.9. The van der Waals surface area contributed by atoms with Crippen molar-refractivity contribution in [1.82, 2.24) is 14.8 Å². The van der Waals surface area contributed by atoms with Gasteiger partial charge in [-0.25, -0.2) is 9.78 Å². The Hall–Kier alpha value is -2.61. The number of hydrogen-bond acceptors (Lipinski definition) is 6. The van der Waals surface area contributed by atoms with E-state index < -0.39 is 6.09 Å².